The van der Waals surface area contributed by atoms with Gasteiger partial charge in [0.2, 0.25) is 0 Å². The van der Waals surface area contributed by atoms with Gasteiger partial charge in [0.15, 0.2) is 23.0 Å². The molecule has 0 unspecified atom stereocenters. The molecule has 0 aromatic heterocycles. The van der Waals surface area contributed by atoms with E-state index >= 15 is 0 Å². The highest BCUT2D eigenvalue weighted by atomic mass is 16.5. The minimum absolute atomic E-state index is 0.124. The van der Waals surface area contributed by atoms with Gasteiger partial charge in [-0.2, -0.15) is 0 Å². The highest BCUT2D eigenvalue weighted by molar-refractivity contribution is 5.76. The van der Waals surface area contributed by atoms with Crippen LogP contribution in [0.5, 0.6) is 34.5 Å². The van der Waals surface area contributed by atoms with E-state index in [1.807, 2.05) is 24.3 Å². The first-order chi connectivity index (χ1) is 22.2. The number of phenolic OH excluding ortho intramolecular Hbond substituents is 2. The Kier molecular flexibility index (Phi) is 9.02. The lowest BCUT2D eigenvalue weighted by Gasteiger charge is -2.35. The van der Waals surface area contributed by atoms with Crippen molar-refractivity contribution in [2.24, 2.45) is 0 Å². The van der Waals surface area contributed by atoms with Crippen LogP contribution in [0.3, 0.4) is 0 Å². The normalized spacial score (nSPS) is 18.0. The summed E-state index contributed by atoms with van der Waals surface area (Å²) in [4.78, 5) is 4.73. The maximum atomic E-state index is 11.1. The first kappa shape index (κ1) is 31.6. The maximum absolute atomic E-state index is 11.1. The van der Waals surface area contributed by atoms with Gasteiger partial charge in [0, 0.05) is 36.3 Å². The van der Waals surface area contributed by atoms with Gasteiger partial charge in [-0.3, -0.25) is 9.80 Å². The molecule has 46 heavy (non-hydrogen) atoms. The molecule has 0 saturated heterocycles. The zero-order valence-corrected chi connectivity index (χ0v) is 27.6. The van der Waals surface area contributed by atoms with Gasteiger partial charge in [0.1, 0.15) is 11.5 Å². The molecule has 0 saturated carbocycles. The van der Waals surface area contributed by atoms with Gasteiger partial charge in [-0.25, -0.2) is 0 Å². The van der Waals surface area contributed by atoms with Gasteiger partial charge in [-0.1, -0.05) is 12.1 Å². The summed E-state index contributed by atoms with van der Waals surface area (Å²) < 4.78 is 22.4. The second kappa shape index (κ2) is 13.1. The minimum Gasteiger partial charge on any atom is -0.507 e. The summed E-state index contributed by atoms with van der Waals surface area (Å²) in [6, 6.07) is 20.1. The summed E-state index contributed by atoms with van der Waals surface area (Å²) in [6.45, 7) is 1.86. The van der Waals surface area contributed by atoms with E-state index in [0.717, 1.165) is 72.9 Å². The average Bonchev–Trinajstić information content (AvgIpc) is 3.07. The summed E-state index contributed by atoms with van der Waals surface area (Å²) in [7, 11) is 11.0. The van der Waals surface area contributed by atoms with Crippen LogP contribution in [0.1, 0.15) is 45.5 Å². The van der Waals surface area contributed by atoms with Gasteiger partial charge < -0.3 is 29.2 Å². The van der Waals surface area contributed by atoms with E-state index in [1.54, 1.807) is 40.6 Å². The quantitative estimate of drug-likeness (QED) is 0.223. The van der Waals surface area contributed by atoms with E-state index in [2.05, 4.69) is 48.2 Å². The van der Waals surface area contributed by atoms with E-state index in [0.29, 0.717) is 11.1 Å². The Bertz CT molecular complexity index is 1610. The van der Waals surface area contributed by atoms with Crippen molar-refractivity contribution in [3.8, 4) is 45.6 Å². The van der Waals surface area contributed by atoms with Crippen LogP contribution >= 0.6 is 0 Å². The standard InChI is InChI=1S/C38H44N2O6/c1-39-13-11-25-19-35(43-3)37(45-5)21-27(25)31(39)17-23-7-9-33(41)29(15-23)30-16-24(8-10-34(30)42)18-32-28-22-38(46-6)36(44-4)20-26(28)12-14-40(32)2/h7-10,15-16,19-22,31-32,41-42H,11-14,17-18H2,1-6H3/t31-,32+. The zero-order chi connectivity index (χ0) is 32.5. The fourth-order valence-corrected chi connectivity index (χ4v) is 7.14. The number of likely N-dealkylation sites (N-methyl/N-ethyl adjacent to an activating group) is 2. The maximum Gasteiger partial charge on any atom is 0.161 e. The first-order valence-electron chi connectivity index (χ1n) is 15.8. The Labute approximate surface area is 271 Å². The van der Waals surface area contributed by atoms with E-state index in [-0.39, 0.29) is 23.6 Å². The third-order valence-corrected chi connectivity index (χ3v) is 9.81. The smallest absolute Gasteiger partial charge is 0.161 e. The Morgan fingerprint density at radius 3 is 1.30 bits per heavy atom. The van der Waals surface area contributed by atoms with E-state index in [4.69, 9.17) is 18.9 Å². The van der Waals surface area contributed by atoms with Gasteiger partial charge in [-0.05, 0) is 122 Å². The molecule has 6 rings (SSSR count). The fourth-order valence-electron chi connectivity index (χ4n) is 7.14. The minimum atomic E-state index is 0.124. The summed E-state index contributed by atoms with van der Waals surface area (Å²) in [5.74, 6) is 3.20. The van der Waals surface area contributed by atoms with Gasteiger partial charge >= 0.3 is 0 Å². The highest BCUT2D eigenvalue weighted by Crippen LogP contribution is 2.43. The van der Waals surface area contributed by atoms with Crippen molar-refractivity contribution < 1.29 is 29.2 Å². The van der Waals surface area contributed by atoms with Crippen molar-refractivity contribution in [3.05, 3.63) is 94.0 Å². The number of phenols is 2. The molecule has 0 spiro atoms. The molecule has 4 aromatic rings. The summed E-state index contributed by atoms with van der Waals surface area (Å²) in [5, 5.41) is 22.1. The SMILES string of the molecule is COc1cc2c(cc1OC)[C@@H](Cc1ccc(O)c(-c3cc(C[C@H]4c5cc(OC)c(OC)cc5CCN4C)ccc3O)c1)N(C)CC2. The van der Waals surface area contributed by atoms with E-state index < -0.39 is 0 Å². The second-order valence-electron chi connectivity index (χ2n) is 12.4. The number of rotatable bonds is 9. The summed E-state index contributed by atoms with van der Waals surface area (Å²) >= 11 is 0. The Morgan fingerprint density at radius 1 is 0.565 bits per heavy atom. The van der Waals surface area contributed by atoms with Crippen LogP contribution in [-0.2, 0) is 25.7 Å². The lowest BCUT2D eigenvalue weighted by Crippen LogP contribution is -2.33. The highest BCUT2D eigenvalue weighted by Gasteiger charge is 2.29. The molecule has 2 N–H and O–H groups in total. The van der Waals surface area contributed by atoms with Crippen LogP contribution < -0.4 is 18.9 Å². The molecule has 0 amide bonds. The molecule has 8 heteroatoms. The van der Waals surface area contributed by atoms with Crippen molar-refractivity contribution in [1.82, 2.24) is 9.80 Å². The van der Waals surface area contributed by atoms with Crippen molar-refractivity contribution in [2.75, 3.05) is 55.6 Å². The molecule has 0 fully saturated rings. The number of hydrogen-bond acceptors (Lipinski definition) is 8. The predicted molar refractivity (Wildman–Crippen MR) is 180 cm³/mol. The van der Waals surface area contributed by atoms with Crippen LogP contribution in [-0.4, -0.2) is 75.6 Å². The van der Waals surface area contributed by atoms with Crippen molar-refractivity contribution >= 4 is 0 Å². The first-order valence-corrected chi connectivity index (χ1v) is 15.8. The van der Waals surface area contributed by atoms with Crippen molar-refractivity contribution in [2.45, 2.75) is 37.8 Å². The number of aromatic hydroxyl groups is 2. The third kappa shape index (κ3) is 5.95. The monoisotopic (exact) mass is 624 g/mol. The number of nitrogens with zero attached hydrogens (tertiary/aromatic N) is 2. The molecular weight excluding hydrogens is 580 g/mol. The number of methoxy groups -OCH3 is 4. The molecule has 4 aromatic carbocycles. The molecule has 242 valence electrons. The largest absolute Gasteiger partial charge is 0.507 e. The van der Waals surface area contributed by atoms with Crippen LogP contribution in [0.25, 0.3) is 11.1 Å². The number of ether oxygens (including phenoxy) is 4. The van der Waals surface area contributed by atoms with Gasteiger partial charge in [0.25, 0.3) is 0 Å². The molecule has 2 aliphatic heterocycles. The Hall–Kier alpha value is -4.40. The van der Waals surface area contributed by atoms with E-state index in [9.17, 15) is 10.2 Å². The molecule has 0 radical (unpaired) electrons. The second-order valence-corrected chi connectivity index (χ2v) is 12.4. The topological polar surface area (TPSA) is 83.9 Å². The molecule has 0 bridgehead atoms. The van der Waals surface area contributed by atoms with Crippen LogP contribution in [0.4, 0.5) is 0 Å². The summed E-state index contributed by atoms with van der Waals surface area (Å²) in [6.07, 6.45) is 3.35. The molecule has 2 aliphatic rings. The third-order valence-electron chi connectivity index (χ3n) is 9.81. The molecular formula is C38H44N2O6. The lowest BCUT2D eigenvalue weighted by molar-refractivity contribution is 0.228. The predicted octanol–water partition coefficient (Wildman–Crippen LogP) is 6.34. The summed E-state index contributed by atoms with van der Waals surface area (Å²) in [5.41, 5.74) is 8.33. The molecule has 8 nitrogen and oxygen atoms in total. The molecule has 2 atom stereocenters. The van der Waals surface area contributed by atoms with Crippen molar-refractivity contribution in [1.29, 1.82) is 0 Å². The number of benzene rings is 4. The van der Waals surface area contributed by atoms with Crippen LogP contribution in [0, 0.1) is 0 Å². The molecule has 0 aliphatic carbocycles. The lowest BCUT2D eigenvalue weighted by atomic mass is 9.87. The Balaban J connectivity index is 1.31. The van der Waals surface area contributed by atoms with E-state index in [1.165, 1.54) is 22.3 Å². The Morgan fingerprint density at radius 2 is 0.935 bits per heavy atom. The number of hydrogen-bond donors (Lipinski definition) is 2. The van der Waals surface area contributed by atoms with Gasteiger partial charge in [0.05, 0.1) is 28.4 Å². The van der Waals surface area contributed by atoms with Crippen LogP contribution in [0.2, 0.25) is 0 Å². The van der Waals surface area contributed by atoms with Gasteiger partial charge in [-0.15, -0.1) is 0 Å². The van der Waals surface area contributed by atoms with Crippen LogP contribution in [0.15, 0.2) is 60.7 Å². The van der Waals surface area contributed by atoms with Crippen molar-refractivity contribution in [3.63, 3.8) is 0 Å². The average molecular weight is 625 g/mol. The zero-order valence-electron chi connectivity index (χ0n) is 27.6. The molecule has 2 heterocycles. The number of fused-ring (bicyclic) bond motifs is 2. The fraction of sp³-hybridized carbons (Fsp3) is 0.368.